The van der Waals surface area contributed by atoms with Gasteiger partial charge in [0.15, 0.2) is 0 Å². The van der Waals surface area contributed by atoms with Crippen LogP contribution in [0.2, 0.25) is 0 Å². The molecule has 2 rings (SSSR count). The fraction of sp³-hybridized carbons (Fsp3) is 0. The van der Waals surface area contributed by atoms with E-state index in [1.165, 1.54) is 6.20 Å². The van der Waals surface area contributed by atoms with Gasteiger partial charge in [0.25, 0.3) is 0 Å². The molecule has 0 atom stereocenters. The van der Waals surface area contributed by atoms with Crippen LogP contribution in [0.25, 0.3) is 11.1 Å². The molecule has 1 N–H and O–H groups in total. The number of hydrogen-bond donors (Lipinski definition) is 1. The van der Waals surface area contributed by atoms with Crippen molar-refractivity contribution in [2.24, 2.45) is 0 Å². The summed E-state index contributed by atoms with van der Waals surface area (Å²) in [6.07, 6.45) is 1.51. The molecular formula is C11H6N3OSe. The molecule has 0 amide bonds. The van der Waals surface area contributed by atoms with Gasteiger partial charge in [0.1, 0.15) is 0 Å². The summed E-state index contributed by atoms with van der Waals surface area (Å²) in [6.45, 7) is 0. The van der Waals surface area contributed by atoms with E-state index in [9.17, 15) is 4.79 Å². The maximum absolute atomic E-state index is 11.6. The van der Waals surface area contributed by atoms with Gasteiger partial charge in [-0.25, -0.2) is 0 Å². The molecule has 0 bridgehead atoms. The molecule has 1 radical (unpaired) electrons. The first-order chi connectivity index (χ1) is 7.70. The third kappa shape index (κ3) is 2.03. The van der Waals surface area contributed by atoms with Crippen LogP contribution in [0.15, 0.2) is 35.3 Å². The van der Waals surface area contributed by atoms with Crippen LogP contribution in [0.4, 0.5) is 0 Å². The molecule has 5 heteroatoms. The summed E-state index contributed by atoms with van der Waals surface area (Å²) in [4.78, 5) is 18.2. The predicted octanol–water partition coefficient (Wildman–Crippen LogP) is 0.102. The number of nitriles is 1. The number of aromatic nitrogens is 2. The average molecular weight is 275 g/mol. The zero-order chi connectivity index (χ0) is 11.5. The molecule has 0 spiro atoms. The second-order valence-electron chi connectivity index (χ2n) is 3.12. The zero-order valence-electron chi connectivity index (χ0n) is 8.10. The van der Waals surface area contributed by atoms with E-state index in [0.29, 0.717) is 15.8 Å². The van der Waals surface area contributed by atoms with Crippen molar-refractivity contribution in [2.75, 3.05) is 0 Å². The van der Waals surface area contributed by atoms with Gasteiger partial charge in [-0.2, -0.15) is 0 Å². The minimum atomic E-state index is -0.201. The Balaban J connectivity index is 2.51. The van der Waals surface area contributed by atoms with Crippen LogP contribution < -0.4 is 10.3 Å². The SMILES string of the molecule is N#Cc1ccc(-c2cnc([Se])[nH]c2=O)cc1. The molecule has 0 saturated heterocycles. The van der Waals surface area contributed by atoms with E-state index in [4.69, 9.17) is 5.26 Å². The number of H-pyrrole nitrogens is 1. The number of nitrogens with one attached hydrogen (secondary N) is 1. The Bertz CT molecular complexity index is 610. The van der Waals surface area contributed by atoms with Crippen LogP contribution >= 0.6 is 0 Å². The van der Waals surface area contributed by atoms with Crippen molar-refractivity contribution in [1.82, 2.24) is 9.97 Å². The summed E-state index contributed by atoms with van der Waals surface area (Å²) < 4.78 is 0.461. The number of hydrogen-bond acceptors (Lipinski definition) is 3. The monoisotopic (exact) mass is 276 g/mol. The van der Waals surface area contributed by atoms with Gasteiger partial charge in [-0.1, -0.05) is 0 Å². The fourth-order valence-corrected chi connectivity index (χ4v) is 1.61. The van der Waals surface area contributed by atoms with Gasteiger partial charge in [0.05, 0.1) is 0 Å². The third-order valence-corrected chi connectivity index (χ3v) is 2.54. The van der Waals surface area contributed by atoms with Gasteiger partial charge in [-0.3, -0.25) is 0 Å². The Labute approximate surface area is 99.8 Å². The Hall–Kier alpha value is -1.89. The van der Waals surface area contributed by atoms with Gasteiger partial charge in [-0.05, 0) is 0 Å². The van der Waals surface area contributed by atoms with Gasteiger partial charge < -0.3 is 0 Å². The average Bonchev–Trinajstić information content (AvgIpc) is 2.29. The number of benzene rings is 1. The summed E-state index contributed by atoms with van der Waals surface area (Å²) in [5.41, 5.74) is 1.60. The molecular weight excluding hydrogens is 269 g/mol. The van der Waals surface area contributed by atoms with Gasteiger partial charge >= 0.3 is 99.5 Å². The van der Waals surface area contributed by atoms with E-state index in [0.717, 1.165) is 5.56 Å². The molecule has 0 fully saturated rings. The Morgan fingerprint density at radius 2 is 2.00 bits per heavy atom. The summed E-state index contributed by atoms with van der Waals surface area (Å²) >= 11 is 2.63. The minimum absolute atomic E-state index is 0.201. The summed E-state index contributed by atoms with van der Waals surface area (Å²) in [5, 5.41) is 8.66. The zero-order valence-corrected chi connectivity index (χ0v) is 9.81. The first kappa shape index (κ1) is 10.6. The van der Waals surface area contributed by atoms with Crippen molar-refractivity contribution in [3.63, 3.8) is 0 Å². The van der Waals surface area contributed by atoms with Crippen LogP contribution in [-0.4, -0.2) is 26.0 Å². The quantitative estimate of drug-likeness (QED) is 0.751. The first-order valence-corrected chi connectivity index (χ1v) is 5.33. The van der Waals surface area contributed by atoms with E-state index in [1.807, 2.05) is 6.07 Å². The normalized spacial score (nSPS) is 9.69. The number of aromatic amines is 1. The van der Waals surface area contributed by atoms with Crippen molar-refractivity contribution in [3.8, 4) is 17.2 Å². The molecule has 0 unspecified atom stereocenters. The molecule has 0 saturated carbocycles. The van der Waals surface area contributed by atoms with Gasteiger partial charge in [-0.15, -0.1) is 0 Å². The van der Waals surface area contributed by atoms with Crippen LogP contribution in [-0.2, 0) is 0 Å². The molecule has 16 heavy (non-hydrogen) atoms. The Kier molecular flexibility index (Phi) is 2.86. The number of rotatable bonds is 1. The molecule has 1 aromatic carbocycles. The molecule has 0 aliphatic carbocycles. The van der Waals surface area contributed by atoms with Crippen LogP contribution in [0.3, 0.4) is 0 Å². The maximum atomic E-state index is 11.6. The second-order valence-corrected chi connectivity index (χ2v) is 3.93. The molecule has 1 aromatic heterocycles. The van der Waals surface area contributed by atoms with Gasteiger partial charge in [0, 0.05) is 0 Å². The van der Waals surface area contributed by atoms with Gasteiger partial charge in [0.2, 0.25) is 0 Å². The summed E-state index contributed by atoms with van der Waals surface area (Å²) in [7, 11) is 0. The van der Waals surface area contributed by atoms with E-state index in [-0.39, 0.29) is 5.56 Å². The molecule has 77 valence electrons. The van der Waals surface area contributed by atoms with E-state index in [1.54, 1.807) is 24.3 Å². The van der Waals surface area contributed by atoms with Crippen molar-refractivity contribution in [2.45, 2.75) is 0 Å². The first-order valence-electron chi connectivity index (χ1n) is 4.47. The van der Waals surface area contributed by atoms with Crippen LogP contribution in [0, 0.1) is 11.3 Å². The molecule has 0 aliphatic heterocycles. The van der Waals surface area contributed by atoms with Crippen molar-refractivity contribution in [3.05, 3.63) is 46.4 Å². The standard InChI is InChI=1S/C11H6N3OSe/c12-5-7-1-3-8(4-2-7)9-6-13-11(16)14-10(9)15/h1-4,6H,(H,13,14,15). The topological polar surface area (TPSA) is 69.5 Å². The Morgan fingerprint density at radius 1 is 1.31 bits per heavy atom. The van der Waals surface area contributed by atoms with E-state index in [2.05, 4.69) is 26.0 Å². The fourth-order valence-electron chi connectivity index (χ4n) is 1.31. The third-order valence-electron chi connectivity index (χ3n) is 2.10. The van der Waals surface area contributed by atoms with Crippen molar-refractivity contribution >= 4 is 20.7 Å². The molecule has 0 aliphatic rings. The summed E-state index contributed by atoms with van der Waals surface area (Å²) in [6, 6.07) is 8.81. The van der Waals surface area contributed by atoms with Crippen LogP contribution in [0.1, 0.15) is 5.56 Å². The van der Waals surface area contributed by atoms with E-state index < -0.39 is 0 Å². The molecule has 1 heterocycles. The predicted molar refractivity (Wildman–Crippen MR) is 60.4 cm³/mol. The molecule has 4 nitrogen and oxygen atoms in total. The van der Waals surface area contributed by atoms with Crippen molar-refractivity contribution < 1.29 is 0 Å². The van der Waals surface area contributed by atoms with E-state index >= 15 is 0 Å². The van der Waals surface area contributed by atoms with Crippen LogP contribution in [0.5, 0.6) is 0 Å². The van der Waals surface area contributed by atoms with Crippen molar-refractivity contribution in [1.29, 1.82) is 5.26 Å². The Morgan fingerprint density at radius 3 is 2.56 bits per heavy atom. The molecule has 2 aromatic rings. The second kappa shape index (κ2) is 4.31. The number of nitrogens with zero attached hydrogens (tertiary/aromatic N) is 2. The summed E-state index contributed by atoms with van der Waals surface area (Å²) in [5.74, 6) is 0.